The zero-order chi connectivity index (χ0) is 17.8. The van der Waals surface area contributed by atoms with E-state index >= 15 is 0 Å². The first-order valence-corrected chi connectivity index (χ1v) is 7.83. The Hall–Kier alpha value is 1.90. The van der Waals surface area contributed by atoms with Gasteiger partial charge in [0.2, 0.25) is 0 Å². The fourth-order valence-corrected chi connectivity index (χ4v) is 1.90. The van der Waals surface area contributed by atoms with Gasteiger partial charge in [-0.15, -0.1) is 0 Å². The number of phosphoric acid groups is 1. The number of hydrogen-bond donors (Lipinski definition) is 7. The van der Waals surface area contributed by atoms with Crippen LogP contribution in [-0.4, -0.2) is 173 Å². The predicted octanol–water partition coefficient (Wildman–Crippen LogP) is -4.92. The summed E-state index contributed by atoms with van der Waals surface area (Å²) < 4.78 is 15.4. The van der Waals surface area contributed by atoms with E-state index in [1.807, 2.05) is 0 Å². The summed E-state index contributed by atoms with van der Waals surface area (Å²) in [6.45, 7) is -0.371. The molecular weight excluding hydrogens is 415 g/mol. The maximum atomic E-state index is 11.5. The standard InChI is InChI=1S/C10H15N3O5.2K.H3O4P.2H/c11-7-1-2-13(10(17)12-7)3-5-8(15)9(16)6(4-14)18-5;;;1-5(2,3)4;;/h1-2,5-6,8-9,14-16H,3-4H2,(H2,11,12,17);;;(H3,1,2,3,4);;/t5-,6+,8-,9+;;;;;/m0...../s1. The summed E-state index contributed by atoms with van der Waals surface area (Å²) in [5, 5.41) is 28.2. The van der Waals surface area contributed by atoms with Gasteiger partial charge in [0, 0.05) is 6.20 Å². The third-order valence-electron chi connectivity index (χ3n) is 2.91. The number of aliphatic hydroxyl groups is 3. The SMILES string of the molecule is Nc1ccn(C[C@@H]2O[C@H](CO)[C@@H](O)[C@H]2O)c(=O)n1.O=P(O)(O)O.[KH].[KH]. The Bertz CT molecular complexity index is 620. The second-order valence-corrected chi connectivity index (χ2v) is 5.70. The van der Waals surface area contributed by atoms with Gasteiger partial charge in [-0.3, -0.25) is 4.57 Å². The molecule has 1 aromatic rings. The number of rotatable bonds is 3. The van der Waals surface area contributed by atoms with Gasteiger partial charge < -0.3 is 40.5 Å². The molecule has 0 aliphatic carbocycles. The molecule has 25 heavy (non-hydrogen) atoms. The molecule has 1 aliphatic rings. The van der Waals surface area contributed by atoms with Crippen LogP contribution < -0.4 is 11.4 Å². The van der Waals surface area contributed by atoms with E-state index in [1.54, 1.807) is 0 Å². The summed E-state index contributed by atoms with van der Waals surface area (Å²) in [4.78, 5) is 36.6. The van der Waals surface area contributed by atoms with Crippen LogP contribution in [0, 0.1) is 0 Å². The van der Waals surface area contributed by atoms with Crippen molar-refractivity contribution in [3.8, 4) is 0 Å². The fraction of sp³-hybridized carbons (Fsp3) is 0.600. The van der Waals surface area contributed by atoms with Gasteiger partial charge in [0.05, 0.1) is 13.2 Å². The quantitative estimate of drug-likeness (QED) is 0.177. The molecule has 0 saturated carbocycles. The van der Waals surface area contributed by atoms with Crippen molar-refractivity contribution in [2.24, 2.45) is 0 Å². The molecule has 136 valence electrons. The van der Waals surface area contributed by atoms with Crippen molar-refractivity contribution in [2.45, 2.75) is 31.0 Å². The van der Waals surface area contributed by atoms with Crippen molar-refractivity contribution in [3.63, 3.8) is 0 Å². The molecule has 1 aromatic heterocycles. The molecule has 2 heterocycles. The number of hydrogen-bond acceptors (Lipinski definition) is 8. The molecule has 0 spiro atoms. The van der Waals surface area contributed by atoms with Gasteiger partial charge >= 0.3 is 116 Å². The fourth-order valence-electron chi connectivity index (χ4n) is 1.90. The van der Waals surface area contributed by atoms with E-state index in [2.05, 4.69) is 4.98 Å². The van der Waals surface area contributed by atoms with E-state index in [4.69, 9.17) is 34.8 Å². The van der Waals surface area contributed by atoms with Gasteiger partial charge in [-0.2, -0.15) is 4.98 Å². The van der Waals surface area contributed by atoms with Crippen LogP contribution in [0.15, 0.2) is 17.1 Å². The molecule has 0 unspecified atom stereocenters. The van der Waals surface area contributed by atoms with Crippen LogP contribution in [0.4, 0.5) is 5.82 Å². The Morgan fingerprint density at radius 1 is 1.20 bits per heavy atom. The number of nitrogen functional groups attached to an aromatic ring is 1. The van der Waals surface area contributed by atoms with Crippen molar-refractivity contribution in [2.75, 3.05) is 12.3 Å². The third-order valence-corrected chi connectivity index (χ3v) is 2.91. The van der Waals surface area contributed by atoms with Crippen molar-refractivity contribution < 1.29 is 39.3 Å². The molecule has 12 nitrogen and oxygen atoms in total. The zero-order valence-corrected chi connectivity index (χ0v) is 12.6. The van der Waals surface area contributed by atoms with Gasteiger partial charge in [-0.05, 0) is 6.07 Å². The Morgan fingerprint density at radius 3 is 2.08 bits per heavy atom. The molecule has 0 aromatic carbocycles. The monoisotopic (exact) mass is 435 g/mol. The third kappa shape index (κ3) is 10.9. The molecule has 0 amide bonds. The van der Waals surface area contributed by atoms with E-state index in [0.717, 1.165) is 0 Å². The number of nitrogens with zero attached hydrogens (tertiary/aromatic N) is 2. The second kappa shape index (κ2) is 13.2. The van der Waals surface area contributed by atoms with Crippen LogP contribution in [0.3, 0.4) is 0 Å². The topological polar surface area (TPSA) is 209 Å². The van der Waals surface area contributed by atoms with Crippen LogP contribution >= 0.6 is 7.82 Å². The van der Waals surface area contributed by atoms with Gasteiger partial charge in [0.15, 0.2) is 0 Å². The molecule has 1 saturated heterocycles. The maximum absolute atomic E-state index is 11.5. The molecule has 0 radical (unpaired) electrons. The van der Waals surface area contributed by atoms with Crippen molar-refractivity contribution in [1.29, 1.82) is 0 Å². The summed E-state index contributed by atoms with van der Waals surface area (Å²) in [7, 11) is -4.64. The predicted molar refractivity (Wildman–Crippen MR) is 89.2 cm³/mol. The van der Waals surface area contributed by atoms with Gasteiger partial charge in [-0.25, -0.2) is 9.36 Å². The molecule has 15 heteroatoms. The Kier molecular flexibility index (Phi) is 15.4. The van der Waals surface area contributed by atoms with E-state index in [9.17, 15) is 15.0 Å². The number of anilines is 1. The van der Waals surface area contributed by atoms with Crippen molar-refractivity contribution in [1.82, 2.24) is 9.55 Å². The van der Waals surface area contributed by atoms with Gasteiger partial charge in [-0.1, -0.05) is 0 Å². The summed E-state index contributed by atoms with van der Waals surface area (Å²) in [6, 6.07) is 1.45. The zero-order valence-electron chi connectivity index (χ0n) is 11.7. The summed E-state index contributed by atoms with van der Waals surface area (Å²) in [5.41, 5.74) is 4.79. The molecule has 4 atom stereocenters. The van der Waals surface area contributed by atoms with E-state index in [1.165, 1.54) is 16.8 Å². The second-order valence-electron chi connectivity index (χ2n) is 4.68. The number of nitrogens with two attached hydrogens (primary N) is 1. The Balaban J connectivity index is 0. The van der Waals surface area contributed by atoms with Crippen LogP contribution in [0.1, 0.15) is 0 Å². The van der Waals surface area contributed by atoms with E-state index in [0.29, 0.717) is 0 Å². The van der Waals surface area contributed by atoms with Crippen molar-refractivity contribution >= 4 is 116 Å². The van der Waals surface area contributed by atoms with Gasteiger partial charge in [0.25, 0.3) is 0 Å². The molecule has 1 fully saturated rings. The average Bonchev–Trinajstić information content (AvgIpc) is 2.68. The summed E-state index contributed by atoms with van der Waals surface area (Å²) in [5.74, 6) is 0.109. The van der Waals surface area contributed by atoms with E-state index < -0.39 is 44.5 Å². The first-order chi connectivity index (χ1) is 10.5. The minimum atomic E-state index is -4.64. The van der Waals surface area contributed by atoms with Gasteiger partial charge in [0.1, 0.15) is 30.2 Å². The first-order valence-electron chi connectivity index (χ1n) is 6.26. The molecule has 0 bridgehead atoms. The van der Waals surface area contributed by atoms with Crippen LogP contribution in [0.25, 0.3) is 0 Å². The van der Waals surface area contributed by atoms with Crippen LogP contribution in [0.2, 0.25) is 0 Å². The minimum absolute atomic E-state index is 0. The van der Waals surface area contributed by atoms with Crippen LogP contribution in [-0.2, 0) is 15.8 Å². The Labute approximate surface area is 227 Å². The summed E-state index contributed by atoms with van der Waals surface area (Å²) >= 11 is 0. The number of ether oxygens (including phenoxy) is 1. The normalized spacial score (nSPS) is 25.2. The molecule has 8 N–H and O–H groups in total. The molecule has 1 aliphatic heterocycles. The molecular formula is C10H20K2N3O9P. The first kappa shape index (κ1) is 29.1. The number of aliphatic hydroxyl groups excluding tert-OH is 3. The number of aromatic nitrogens is 2. The average molecular weight is 435 g/mol. The Morgan fingerprint density at radius 2 is 1.68 bits per heavy atom. The van der Waals surface area contributed by atoms with Crippen LogP contribution in [0.5, 0.6) is 0 Å². The summed E-state index contributed by atoms with van der Waals surface area (Å²) in [6.07, 6.45) is -2.52. The van der Waals surface area contributed by atoms with Crippen molar-refractivity contribution in [3.05, 3.63) is 22.7 Å². The van der Waals surface area contributed by atoms with E-state index in [-0.39, 0.29) is 115 Å². The molecule has 2 rings (SSSR count).